The zero-order valence-electron chi connectivity index (χ0n) is 17.4. The molecule has 0 fully saturated rings. The molecule has 0 unspecified atom stereocenters. The normalized spacial score (nSPS) is 10.8. The molecule has 0 bridgehead atoms. The first kappa shape index (κ1) is 23.5. The number of unbranched alkanes of at least 4 members (excludes halogenated alkanes) is 1. The van der Waals surface area contributed by atoms with Gasteiger partial charge in [0.1, 0.15) is 11.6 Å². The molecule has 0 aliphatic carbocycles. The van der Waals surface area contributed by atoms with Crippen molar-refractivity contribution >= 4 is 29.0 Å². The van der Waals surface area contributed by atoms with E-state index in [1.165, 1.54) is 16.6 Å². The Labute approximate surface area is 179 Å². The molecule has 0 aliphatic heterocycles. The van der Waals surface area contributed by atoms with Gasteiger partial charge in [-0.25, -0.2) is 4.79 Å². The van der Waals surface area contributed by atoms with Crippen LogP contribution in [-0.4, -0.2) is 42.3 Å². The molecule has 164 valence electrons. The van der Waals surface area contributed by atoms with E-state index in [9.17, 15) is 14.4 Å². The Morgan fingerprint density at radius 1 is 1.33 bits per heavy atom. The third kappa shape index (κ3) is 5.64. The van der Waals surface area contributed by atoms with Gasteiger partial charge in [-0.15, -0.1) is 0 Å². The second-order valence-electron chi connectivity index (χ2n) is 6.74. The van der Waals surface area contributed by atoms with E-state index >= 15 is 0 Å². The maximum atomic E-state index is 12.9. The number of nitrogens with two attached hydrogens (primary N) is 1. The first-order valence-electron chi connectivity index (χ1n) is 9.61. The van der Waals surface area contributed by atoms with E-state index in [1.54, 1.807) is 18.2 Å². The standard InChI is InChI=1S/C20H27ClN4O5/c1-4-5-8-25-18(22)17(19(27)23-20(25)28)24(9-10-29-3)16(26)12-30-14-6-7-15(21)13(2)11-14/h6-7,11H,4-5,8-10,12,22H2,1-3H3,(H,23,27,28). The fourth-order valence-corrected chi connectivity index (χ4v) is 2.97. The summed E-state index contributed by atoms with van der Waals surface area (Å²) in [5.74, 6) is -0.103. The number of carbonyl (C=O) groups excluding carboxylic acids is 1. The molecule has 0 saturated heterocycles. The van der Waals surface area contributed by atoms with Crippen LogP contribution in [0.5, 0.6) is 5.75 Å². The Morgan fingerprint density at radius 3 is 2.70 bits per heavy atom. The minimum absolute atomic E-state index is 0.0657. The number of carbonyl (C=O) groups is 1. The van der Waals surface area contributed by atoms with E-state index in [0.29, 0.717) is 23.7 Å². The number of ether oxygens (including phenoxy) is 2. The molecular formula is C20H27ClN4O5. The number of anilines is 2. The highest BCUT2D eigenvalue weighted by molar-refractivity contribution is 6.31. The molecule has 0 atom stereocenters. The summed E-state index contributed by atoms with van der Waals surface area (Å²) in [4.78, 5) is 41.0. The fraction of sp³-hybridized carbons (Fsp3) is 0.450. The number of aromatic nitrogens is 2. The van der Waals surface area contributed by atoms with Gasteiger partial charge in [0, 0.05) is 25.2 Å². The molecule has 0 spiro atoms. The molecule has 1 aromatic heterocycles. The van der Waals surface area contributed by atoms with Crippen LogP contribution in [0.1, 0.15) is 25.3 Å². The smallest absolute Gasteiger partial charge is 0.330 e. The summed E-state index contributed by atoms with van der Waals surface area (Å²) < 4.78 is 11.9. The summed E-state index contributed by atoms with van der Waals surface area (Å²) in [5.41, 5.74) is 5.50. The second kappa shape index (κ2) is 10.8. The van der Waals surface area contributed by atoms with E-state index < -0.39 is 17.2 Å². The van der Waals surface area contributed by atoms with E-state index in [2.05, 4.69) is 4.98 Å². The Kier molecular flexibility index (Phi) is 8.49. The largest absolute Gasteiger partial charge is 0.484 e. The molecule has 3 N–H and O–H groups in total. The molecule has 1 aromatic carbocycles. The van der Waals surface area contributed by atoms with Gasteiger partial charge in [0.05, 0.1) is 6.61 Å². The minimum Gasteiger partial charge on any atom is -0.484 e. The predicted molar refractivity (Wildman–Crippen MR) is 117 cm³/mol. The van der Waals surface area contributed by atoms with Crippen LogP contribution in [0.4, 0.5) is 11.5 Å². The lowest BCUT2D eigenvalue weighted by Crippen LogP contribution is -2.44. The number of amides is 1. The van der Waals surface area contributed by atoms with Crippen LogP contribution < -0.4 is 26.6 Å². The zero-order valence-corrected chi connectivity index (χ0v) is 18.1. The van der Waals surface area contributed by atoms with Crippen molar-refractivity contribution < 1.29 is 14.3 Å². The van der Waals surface area contributed by atoms with Crippen LogP contribution in [0.25, 0.3) is 0 Å². The average molecular weight is 439 g/mol. The third-order valence-electron chi connectivity index (χ3n) is 4.53. The maximum absolute atomic E-state index is 12.9. The fourth-order valence-electron chi connectivity index (χ4n) is 2.85. The number of methoxy groups -OCH3 is 1. The van der Waals surface area contributed by atoms with Gasteiger partial charge in [-0.2, -0.15) is 0 Å². The summed E-state index contributed by atoms with van der Waals surface area (Å²) >= 11 is 6.01. The van der Waals surface area contributed by atoms with Crippen LogP contribution in [0.2, 0.25) is 5.02 Å². The molecule has 2 aromatic rings. The van der Waals surface area contributed by atoms with Gasteiger partial charge in [-0.1, -0.05) is 24.9 Å². The number of nitrogens with zero attached hydrogens (tertiary/aromatic N) is 2. The second-order valence-corrected chi connectivity index (χ2v) is 7.14. The lowest BCUT2D eigenvalue weighted by Gasteiger charge is -2.24. The summed E-state index contributed by atoms with van der Waals surface area (Å²) in [6, 6.07) is 5.03. The van der Waals surface area contributed by atoms with Crippen molar-refractivity contribution in [3.05, 3.63) is 49.6 Å². The van der Waals surface area contributed by atoms with Gasteiger partial charge < -0.3 is 15.2 Å². The van der Waals surface area contributed by atoms with Crippen molar-refractivity contribution in [3.63, 3.8) is 0 Å². The van der Waals surface area contributed by atoms with Crippen LogP contribution in [-0.2, 0) is 16.1 Å². The highest BCUT2D eigenvalue weighted by Crippen LogP contribution is 2.22. The van der Waals surface area contributed by atoms with Crippen molar-refractivity contribution in [2.75, 3.05) is 37.5 Å². The number of hydrogen-bond donors (Lipinski definition) is 2. The first-order valence-corrected chi connectivity index (χ1v) is 9.98. The Morgan fingerprint density at radius 2 is 2.07 bits per heavy atom. The molecule has 1 amide bonds. The topological polar surface area (TPSA) is 120 Å². The van der Waals surface area contributed by atoms with Crippen LogP contribution >= 0.6 is 11.6 Å². The number of nitrogen functional groups attached to an aromatic ring is 1. The van der Waals surface area contributed by atoms with Gasteiger partial charge in [-0.05, 0) is 37.1 Å². The van der Waals surface area contributed by atoms with Gasteiger partial charge in [-0.3, -0.25) is 24.0 Å². The molecule has 1 heterocycles. The molecule has 0 aliphatic rings. The molecule has 2 rings (SSSR count). The average Bonchev–Trinajstić information content (AvgIpc) is 2.70. The number of H-pyrrole nitrogens is 1. The number of aromatic amines is 1. The Hall–Kier alpha value is -2.78. The maximum Gasteiger partial charge on any atom is 0.330 e. The zero-order chi connectivity index (χ0) is 22.3. The summed E-state index contributed by atoms with van der Waals surface area (Å²) in [5, 5.41) is 0.587. The van der Waals surface area contributed by atoms with Gasteiger partial charge >= 0.3 is 5.69 Å². The molecule has 0 saturated carbocycles. The van der Waals surface area contributed by atoms with Gasteiger partial charge in [0.15, 0.2) is 12.3 Å². The van der Waals surface area contributed by atoms with Crippen molar-refractivity contribution in [2.24, 2.45) is 0 Å². The highest BCUT2D eigenvalue weighted by atomic mass is 35.5. The summed E-state index contributed by atoms with van der Waals surface area (Å²) in [7, 11) is 1.48. The van der Waals surface area contributed by atoms with Gasteiger partial charge in [0.2, 0.25) is 0 Å². The van der Waals surface area contributed by atoms with Crippen molar-refractivity contribution in [2.45, 2.75) is 33.2 Å². The lowest BCUT2D eigenvalue weighted by atomic mass is 10.2. The van der Waals surface area contributed by atoms with Crippen LogP contribution in [0.3, 0.4) is 0 Å². The van der Waals surface area contributed by atoms with E-state index in [1.807, 2.05) is 13.8 Å². The molecule has 30 heavy (non-hydrogen) atoms. The number of aryl methyl sites for hydroxylation is 1. The quantitative estimate of drug-likeness (QED) is 0.585. The number of nitrogens with one attached hydrogen (secondary N) is 1. The van der Waals surface area contributed by atoms with Gasteiger partial charge in [0.25, 0.3) is 11.5 Å². The van der Waals surface area contributed by atoms with E-state index in [-0.39, 0.29) is 31.3 Å². The molecule has 0 radical (unpaired) electrons. The Bertz CT molecular complexity index is 1000. The molecule has 10 heteroatoms. The number of halogens is 1. The molecule has 9 nitrogen and oxygen atoms in total. The summed E-state index contributed by atoms with van der Waals surface area (Å²) in [6.45, 7) is 4.02. The van der Waals surface area contributed by atoms with Crippen LogP contribution in [0.15, 0.2) is 27.8 Å². The van der Waals surface area contributed by atoms with E-state index in [0.717, 1.165) is 12.0 Å². The van der Waals surface area contributed by atoms with Crippen LogP contribution in [0, 0.1) is 6.92 Å². The van der Waals surface area contributed by atoms with Crippen molar-refractivity contribution in [3.8, 4) is 5.75 Å². The monoisotopic (exact) mass is 438 g/mol. The Balaban J connectivity index is 2.34. The number of hydrogen-bond acceptors (Lipinski definition) is 6. The first-order chi connectivity index (χ1) is 14.3. The summed E-state index contributed by atoms with van der Waals surface area (Å²) in [6.07, 6.45) is 1.53. The number of benzene rings is 1. The van der Waals surface area contributed by atoms with Crippen molar-refractivity contribution in [1.82, 2.24) is 9.55 Å². The highest BCUT2D eigenvalue weighted by Gasteiger charge is 2.24. The SMILES string of the molecule is CCCCn1c(N)c(N(CCOC)C(=O)COc2ccc(Cl)c(C)c2)c(=O)[nH]c1=O. The van der Waals surface area contributed by atoms with Crippen molar-refractivity contribution in [1.29, 1.82) is 0 Å². The predicted octanol–water partition coefficient (Wildman–Crippen LogP) is 1.94. The molecular weight excluding hydrogens is 412 g/mol. The number of rotatable bonds is 10. The minimum atomic E-state index is -0.739. The lowest BCUT2D eigenvalue weighted by molar-refractivity contribution is -0.120. The third-order valence-corrected chi connectivity index (χ3v) is 4.96. The van der Waals surface area contributed by atoms with E-state index in [4.69, 9.17) is 26.8 Å².